The van der Waals surface area contributed by atoms with Crippen LogP contribution >= 0.6 is 0 Å². The average molecular weight is 297 g/mol. The van der Waals surface area contributed by atoms with E-state index < -0.39 is 0 Å². The summed E-state index contributed by atoms with van der Waals surface area (Å²) in [4.78, 5) is 0. The lowest BCUT2D eigenvalue weighted by atomic mass is 10.0. The maximum atomic E-state index is 5.06. The number of unbranched alkanes of at least 4 members (excludes halogenated alkanes) is 13. The first-order valence-corrected chi connectivity index (χ1v) is 9.55. The Hall–Kier alpha value is -0.300. The van der Waals surface area contributed by atoms with E-state index in [4.69, 9.17) is 4.74 Å². The second-order valence-electron chi connectivity index (χ2n) is 6.26. The molecule has 0 bridgehead atoms. The fourth-order valence-electron chi connectivity index (χ4n) is 2.74. The van der Waals surface area contributed by atoms with Crippen LogP contribution in [-0.4, -0.2) is 13.7 Å². The van der Waals surface area contributed by atoms with E-state index in [1.165, 1.54) is 96.3 Å². The van der Waals surface area contributed by atoms with Gasteiger partial charge in [0.1, 0.15) is 0 Å². The molecule has 0 fully saturated rings. The van der Waals surface area contributed by atoms with Gasteiger partial charge in [-0.15, -0.1) is 0 Å². The molecule has 21 heavy (non-hydrogen) atoms. The van der Waals surface area contributed by atoms with Crippen LogP contribution < -0.4 is 0 Å². The van der Waals surface area contributed by atoms with Gasteiger partial charge in [0, 0.05) is 13.7 Å². The van der Waals surface area contributed by atoms with Crippen molar-refractivity contribution in [3.63, 3.8) is 0 Å². The average Bonchev–Trinajstić information content (AvgIpc) is 2.50. The minimum absolute atomic E-state index is 0.939. The van der Waals surface area contributed by atoms with Crippen molar-refractivity contribution < 1.29 is 4.74 Å². The van der Waals surface area contributed by atoms with E-state index in [9.17, 15) is 0 Å². The molecule has 0 heterocycles. The zero-order valence-corrected chi connectivity index (χ0v) is 14.9. The molecule has 0 spiro atoms. The summed E-state index contributed by atoms with van der Waals surface area (Å²) in [5, 5.41) is 0. The van der Waals surface area contributed by atoms with Crippen molar-refractivity contribution in [2.24, 2.45) is 0 Å². The lowest BCUT2D eigenvalue weighted by Crippen LogP contribution is -1.88. The van der Waals surface area contributed by atoms with Gasteiger partial charge in [0.25, 0.3) is 0 Å². The molecule has 0 unspecified atom stereocenters. The minimum Gasteiger partial charge on any atom is -0.385 e. The molecule has 0 atom stereocenters. The van der Waals surface area contributed by atoms with Crippen molar-refractivity contribution in [2.45, 2.75) is 103 Å². The minimum atomic E-state index is 0.939. The Morgan fingerprint density at radius 1 is 0.571 bits per heavy atom. The van der Waals surface area contributed by atoms with E-state index in [1.54, 1.807) is 7.11 Å². The summed E-state index contributed by atoms with van der Waals surface area (Å²) in [6.45, 7) is 3.15. The van der Waals surface area contributed by atoms with Gasteiger partial charge in [0.2, 0.25) is 0 Å². The number of rotatable bonds is 17. The molecule has 0 N–H and O–H groups in total. The molecular weight excluding hydrogens is 256 g/mol. The van der Waals surface area contributed by atoms with Gasteiger partial charge in [-0.25, -0.2) is 0 Å². The van der Waals surface area contributed by atoms with E-state index in [0.29, 0.717) is 0 Å². The number of hydrogen-bond acceptors (Lipinski definition) is 1. The van der Waals surface area contributed by atoms with Crippen LogP contribution in [0.3, 0.4) is 0 Å². The first-order chi connectivity index (χ1) is 10.4. The third kappa shape index (κ3) is 19.7. The first kappa shape index (κ1) is 20.7. The molecule has 1 heteroatoms. The zero-order chi connectivity index (χ0) is 15.4. The SMILES string of the molecule is CC/C=C/CCCCCCCCCCCCCCCOC. The normalized spacial score (nSPS) is 11.5. The predicted octanol–water partition coefficient (Wildman–Crippen LogP) is 7.06. The van der Waals surface area contributed by atoms with Gasteiger partial charge < -0.3 is 4.74 Å². The van der Waals surface area contributed by atoms with Crippen LogP contribution in [0.25, 0.3) is 0 Å². The number of hydrogen-bond donors (Lipinski definition) is 0. The molecule has 0 aliphatic heterocycles. The summed E-state index contributed by atoms with van der Waals surface area (Å²) in [6.07, 6.45) is 25.5. The lowest BCUT2D eigenvalue weighted by Gasteiger charge is -2.03. The molecule has 0 saturated heterocycles. The van der Waals surface area contributed by atoms with E-state index in [-0.39, 0.29) is 0 Å². The van der Waals surface area contributed by atoms with Crippen molar-refractivity contribution >= 4 is 0 Å². The summed E-state index contributed by atoms with van der Waals surface area (Å²) in [5.41, 5.74) is 0. The van der Waals surface area contributed by atoms with Crippen LogP contribution in [0.4, 0.5) is 0 Å². The Kier molecular flexibility index (Phi) is 19.4. The molecule has 0 aromatic carbocycles. The number of methoxy groups -OCH3 is 1. The predicted molar refractivity (Wildman–Crippen MR) is 95.9 cm³/mol. The van der Waals surface area contributed by atoms with Gasteiger partial charge in [0.15, 0.2) is 0 Å². The maximum Gasteiger partial charge on any atom is 0.0462 e. The summed E-state index contributed by atoms with van der Waals surface area (Å²) in [5.74, 6) is 0. The van der Waals surface area contributed by atoms with Crippen molar-refractivity contribution in [3.05, 3.63) is 12.2 Å². The van der Waals surface area contributed by atoms with Crippen molar-refractivity contribution in [2.75, 3.05) is 13.7 Å². The highest BCUT2D eigenvalue weighted by Crippen LogP contribution is 2.13. The van der Waals surface area contributed by atoms with E-state index in [1.807, 2.05) is 0 Å². The molecule has 0 rings (SSSR count). The second kappa shape index (κ2) is 19.7. The number of ether oxygens (including phenoxy) is 1. The zero-order valence-electron chi connectivity index (χ0n) is 14.9. The Morgan fingerprint density at radius 3 is 1.43 bits per heavy atom. The molecule has 126 valence electrons. The molecule has 0 aromatic heterocycles. The lowest BCUT2D eigenvalue weighted by molar-refractivity contribution is 0.192. The van der Waals surface area contributed by atoms with Crippen LogP contribution in [0.1, 0.15) is 103 Å². The Bertz CT molecular complexity index is 198. The van der Waals surface area contributed by atoms with Crippen molar-refractivity contribution in [1.29, 1.82) is 0 Å². The molecule has 0 aliphatic rings. The maximum absolute atomic E-state index is 5.06. The van der Waals surface area contributed by atoms with Crippen LogP contribution in [0.5, 0.6) is 0 Å². The summed E-state index contributed by atoms with van der Waals surface area (Å²) in [6, 6.07) is 0. The molecule has 0 aromatic rings. The fourth-order valence-corrected chi connectivity index (χ4v) is 2.74. The smallest absolute Gasteiger partial charge is 0.0462 e. The highest BCUT2D eigenvalue weighted by atomic mass is 16.5. The topological polar surface area (TPSA) is 9.23 Å². The molecule has 0 saturated carbocycles. The summed E-state index contributed by atoms with van der Waals surface area (Å²) >= 11 is 0. The van der Waals surface area contributed by atoms with Crippen LogP contribution in [0.2, 0.25) is 0 Å². The van der Waals surface area contributed by atoms with Crippen molar-refractivity contribution in [1.82, 2.24) is 0 Å². The quantitative estimate of drug-likeness (QED) is 0.206. The van der Waals surface area contributed by atoms with Crippen LogP contribution in [0, 0.1) is 0 Å². The summed E-state index contributed by atoms with van der Waals surface area (Å²) < 4.78 is 5.06. The largest absolute Gasteiger partial charge is 0.385 e. The van der Waals surface area contributed by atoms with Crippen LogP contribution in [-0.2, 0) is 4.74 Å². The Labute approximate surface area is 134 Å². The molecule has 1 nitrogen and oxygen atoms in total. The Morgan fingerprint density at radius 2 is 1.00 bits per heavy atom. The third-order valence-electron chi connectivity index (χ3n) is 4.12. The molecule has 0 radical (unpaired) electrons. The van der Waals surface area contributed by atoms with Crippen molar-refractivity contribution in [3.8, 4) is 0 Å². The van der Waals surface area contributed by atoms with E-state index >= 15 is 0 Å². The molecular formula is C20H40O. The standard InChI is InChI=1S/C20H40O/c1-3-4-5-6-7-8-9-10-11-12-13-14-15-16-17-18-19-20-21-2/h4-5H,3,6-20H2,1-2H3/b5-4+. The van der Waals surface area contributed by atoms with Gasteiger partial charge in [-0.1, -0.05) is 89.7 Å². The molecule has 0 amide bonds. The van der Waals surface area contributed by atoms with Gasteiger partial charge in [-0.05, 0) is 25.7 Å². The highest BCUT2D eigenvalue weighted by molar-refractivity contribution is 4.79. The summed E-state index contributed by atoms with van der Waals surface area (Å²) in [7, 11) is 1.80. The third-order valence-corrected chi connectivity index (χ3v) is 4.12. The highest BCUT2D eigenvalue weighted by Gasteiger charge is 1.94. The van der Waals surface area contributed by atoms with E-state index in [0.717, 1.165) is 6.61 Å². The van der Waals surface area contributed by atoms with Gasteiger partial charge in [0.05, 0.1) is 0 Å². The van der Waals surface area contributed by atoms with Crippen LogP contribution in [0.15, 0.2) is 12.2 Å². The fraction of sp³-hybridized carbons (Fsp3) is 0.900. The number of allylic oxidation sites excluding steroid dienone is 2. The monoisotopic (exact) mass is 296 g/mol. The van der Waals surface area contributed by atoms with E-state index in [2.05, 4.69) is 19.1 Å². The van der Waals surface area contributed by atoms with Gasteiger partial charge >= 0.3 is 0 Å². The second-order valence-corrected chi connectivity index (χ2v) is 6.26. The first-order valence-electron chi connectivity index (χ1n) is 9.55. The molecule has 0 aliphatic carbocycles. The Balaban J connectivity index is 2.95. The van der Waals surface area contributed by atoms with Gasteiger partial charge in [-0.2, -0.15) is 0 Å². The van der Waals surface area contributed by atoms with Gasteiger partial charge in [-0.3, -0.25) is 0 Å².